The fourth-order valence-electron chi connectivity index (χ4n) is 3.63. The van der Waals surface area contributed by atoms with E-state index < -0.39 is 0 Å². The number of carbonyl (C=O) groups excluding carboxylic acids is 1. The van der Waals surface area contributed by atoms with Crippen molar-refractivity contribution in [1.82, 2.24) is 20.0 Å². The average molecular weight is 391 g/mol. The van der Waals surface area contributed by atoms with Gasteiger partial charge in [-0.15, -0.1) is 0 Å². The van der Waals surface area contributed by atoms with E-state index in [1.807, 2.05) is 54.9 Å². The zero-order valence-corrected chi connectivity index (χ0v) is 17.8. The van der Waals surface area contributed by atoms with Gasteiger partial charge in [0, 0.05) is 13.1 Å². The third kappa shape index (κ3) is 4.74. The highest BCUT2D eigenvalue weighted by Crippen LogP contribution is 2.18. The van der Waals surface area contributed by atoms with Gasteiger partial charge < -0.3 is 5.32 Å². The monoisotopic (exact) mass is 390 g/mol. The zero-order valence-electron chi connectivity index (χ0n) is 17.8. The van der Waals surface area contributed by atoms with E-state index in [1.54, 1.807) is 0 Å². The van der Waals surface area contributed by atoms with Gasteiger partial charge in [-0.25, -0.2) is 4.68 Å². The van der Waals surface area contributed by atoms with Crippen molar-refractivity contribution >= 4 is 5.91 Å². The van der Waals surface area contributed by atoms with Crippen LogP contribution in [0.5, 0.6) is 0 Å². The highest BCUT2D eigenvalue weighted by atomic mass is 16.1. The summed E-state index contributed by atoms with van der Waals surface area (Å²) in [4.78, 5) is 15.3. The van der Waals surface area contributed by atoms with Crippen molar-refractivity contribution < 1.29 is 4.79 Å². The Hall–Kier alpha value is -2.92. The zero-order chi connectivity index (χ0) is 20.8. The highest BCUT2D eigenvalue weighted by molar-refractivity contribution is 5.96. The fourth-order valence-corrected chi connectivity index (χ4v) is 3.63. The molecule has 1 N–H and O–H groups in total. The van der Waals surface area contributed by atoms with Crippen molar-refractivity contribution in [2.75, 3.05) is 13.1 Å². The number of aryl methyl sites for hydroxylation is 1. The van der Waals surface area contributed by atoms with Gasteiger partial charge >= 0.3 is 0 Å². The number of nitrogens with zero attached hydrogens (tertiary/aromatic N) is 3. The molecule has 1 heterocycles. The molecule has 0 fully saturated rings. The molecule has 0 unspecified atom stereocenters. The third-order valence-electron chi connectivity index (χ3n) is 5.37. The topological polar surface area (TPSA) is 50.2 Å². The van der Waals surface area contributed by atoms with E-state index in [-0.39, 0.29) is 5.91 Å². The van der Waals surface area contributed by atoms with Crippen molar-refractivity contribution in [2.45, 2.75) is 40.8 Å². The number of para-hydroxylation sites is 1. The first-order valence-corrected chi connectivity index (χ1v) is 10.2. The molecule has 3 aromatic rings. The number of benzene rings is 2. The number of amides is 1. The average Bonchev–Trinajstić information content (AvgIpc) is 3.05. The minimum absolute atomic E-state index is 0.0835. The molecule has 0 bridgehead atoms. The summed E-state index contributed by atoms with van der Waals surface area (Å²) < 4.78 is 1.83. The lowest BCUT2D eigenvalue weighted by Gasteiger charge is -2.20. The number of nitrogens with one attached hydrogen (secondary N) is 1. The fraction of sp³-hybridized carbons (Fsp3) is 0.333. The van der Waals surface area contributed by atoms with Crippen LogP contribution in [-0.4, -0.2) is 33.7 Å². The molecule has 1 amide bonds. The predicted molar refractivity (Wildman–Crippen MR) is 117 cm³/mol. The Labute approximate surface area is 173 Å². The van der Waals surface area contributed by atoms with Gasteiger partial charge in [-0.1, -0.05) is 56.3 Å². The summed E-state index contributed by atoms with van der Waals surface area (Å²) in [5, 5.41) is 7.69. The quantitative estimate of drug-likeness (QED) is 0.625. The molecule has 0 aliphatic heterocycles. The molecular weight excluding hydrogens is 360 g/mol. The maximum atomic E-state index is 13.0. The van der Waals surface area contributed by atoms with E-state index in [4.69, 9.17) is 0 Å². The Kier molecular flexibility index (Phi) is 6.83. The molecule has 0 saturated heterocycles. The van der Waals surface area contributed by atoms with E-state index in [0.29, 0.717) is 12.1 Å². The molecule has 152 valence electrons. The van der Waals surface area contributed by atoms with Gasteiger partial charge in [0.05, 0.1) is 22.6 Å². The van der Waals surface area contributed by atoms with Gasteiger partial charge in [0.2, 0.25) is 0 Å². The first-order valence-electron chi connectivity index (χ1n) is 10.2. The molecule has 5 heteroatoms. The molecule has 0 aliphatic rings. The standard InChI is InChI=1S/C24H30N4O/c1-5-27(6-2)17-21-13-11-10-12-20(21)16-25-24(29)23-18(3)26-28(19(23)4)22-14-8-7-9-15-22/h7-15H,5-6,16-17H2,1-4H3,(H,25,29). The molecule has 0 radical (unpaired) electrons. The number of hydrogen-bond donors (Lipinski definition) is 1. The van der Waals surface area contributed by atoms with Crippen LogP contribution in [0, 0.1) is 13.8 Å². The largest absolute Gasteiger partial charge is 0.348 e. The molecule has 2 aromatic carbocycles. The van der Waals surface area contributed by atoms with Gasteiger partial charge in [0.15, 0.2) is 0 Å². The lowest BCUT2D eigenvalue weighted by Crippen LogP contribution is -2.26. The van der Waals surface area contributed by atoms with E-state index in [2.05, 4.69) is 47.4 Å². The molecule has 1 aromatic heterocycles. The summed E-state index contributed by atoms with van der Waals surface area (Å²) in [5.74, 6) is -0.0835. The Balaban J connectivity index is 1.77. The van der Waals surface area contributed by atoms with E-state index in [1.165, 1.54) is 5.56 Å². The second kappa shape index (κ2) is 9.52. The minimum atomic E-state index is -0.0835. The summed E-state index contributed by atoms with van der Waals surface area (Å²) >= 11 is 0. The van der Waals surface area contributed by atoms with Gasteiger partial charge in [0.1, 0.15) is 0 Å². The van der Waals surface area contributed by atoms with Crippen LogP contribution in [0.25, 0.3) is 5.69 Å². The van der Waals surface area contributed by atoms with Crippen LogP contribution in [0.15, 0.2) is 54.6 Å². The molecule has 29 heavy (non-hydrogen) atoms. The van der Waals surface area contributed by atoms with Crippen molar-refractivity contribution in [3.8, 4) is 5.69 Å². The Morgan fingerprint density at radius 3 is 2.24 bits per heavy atom. The van der Waals surface area contributed by atoms with Crippen molar-refractivity contribution in [3.63, 3.8) is 0 Å². The first-order chi connectivity index (χ1) is 14.0. The van der Waals surface area contributed by atoms with Crippen LogP contribution in [0.2, 0.25) is 0 Å². The SMILES string of the molecule is CCN(CC)Cc1ccccc1CNC(=O)c1c(C)nn(-c2ccccc2)c1C. The molecule has 0 spiro atoms. The van der Waals surface area contributed by atoms with Crippen LogP contribution < -0.4 is 5.32 Å². The highest BCUT2D eigenvalue weighted by Gasteiger charge is 2.19. The van der Waals surface area contributed by atoms with Crippen LogP contribution in [-0.2, 0) is 13.1 Å². The number of aromatic nitrogens is 2. The molecule has 0 atom stereocenters. The normalized spacial score (nSPS) is 11.1. The Morgan fingerprint density at radius 1 is 0.966 bits per heavy atom. The molecule has 3 rings (SSSR count). The van der Waals surface area contributed by atoms with Gasteiger partial charge in [0.25, 0.3) is 5.91 Å². The number of hydrogen-bond acceptors (Lipinski definition) is 3. The van der Waals surface area contributed by atoms with Crippen molar-refractivity contribution in [3.05, 3.63) is 82.7 Å². The first kappa shape index (κ1) is 20.8. The molecule has 0 saturated carbocycles. The lowest BCUT2D eigenvalue weighted by molar-refractivity contribution is 0.0949. The summed E-state index contributed by atoms with van der Waals surface area (Å²) in [7, 11) is 0. The van der Waals surface area contributed by atoms with E-state index >= 15 is 0 Å². The van der Waals surface area contributed by atoms with E-state index in [9.17, 15) is 4.79 Å². The number of carbonyl (C=O) groups is 1. The maximum Gasteiger partial charge on any atom is 0.255 e. The minimum Gasteiger partial charge on any atom is -0.348 e. The van der Waals surface area contributed by atoms with E-state index in [0.717, 1.165) is 42.3 Å². The number of rotatable bonds is 8. The van der Waals surface area contributed by atoms with Gasteiger partial charge in [-0.2, -0.15) is 5.10 Å². The second-order valence-electron chi connectivity index (χ2n) is 7.21. The lowest BCUT2D eigenvalue weighted by atomic mass is 10.1. The van der Waals surface area contributed by atoms with Crippen LogP contribution in [0.4, 0.5) is 0 Å². The molecule has 0 aliphatic carbocycles. The summed E-state index contributed by atoms with van der Waals surface area (Å²) in [6.07, 6.45) is 0. The van der Waals surface area contributed by atoms with Crippen molar-refractivity contribution in [2.24, 2.45) is 0 Å². The van der Waals surface area contributed by atoms with Crippen LogP contribution >= 0.6 is 0 Å². The van der Waals surface area contributed by atoms with Gasteiger partial charge in [-0.3, -0.25) is 9.69 Å². The smallest absolute Gasteiger partial charge is 0.255 e. The van der Waals surface area contributed by atoms with Gasteiger partial charge in [-0.05, 0) is 50.2 Å². The Bertz CT molecular complexity index is 958. The van der Waals surface area contributed by atoms with Crippen molar-refractivity contribution in [1.29, 1.82) is 0 Å². The molecular formula is C24H30N4O. The summed E-state index contributed by atoms with van der Waals surface area (Å²) in [6, 6.07) is 18.2. The van der Waals surface area contributed by atoms with Crippen LogP contribution in [0.1, 0.15) is 46.7 Å². The van der Waals surface area contributed by atoms with Crippen LogP contribution in [0.3, 0.4) is 0 Å². The molecule has 5 nitrogen and oxygen atoms in total. The summed E-state index contributed by atoms with van der Waals surface area (Å²) in [5.41, 5.74) is 5.60. The maximum absolute atomic E-state index is 13.0. The third-order valence-corrected chi connectivity index (χ3v) is 5.37. The Morgan fingerprint density at radius 2 is 1.59 bits per heavy atom. The second-order valence-corrected chi connectivity index (χ2v) is 7.21. The summed E-state index contributed by atoms with van der Waals surface area (Å²) in [6.45, 7) is 11.6. The predicted octanol–water partition coefficient (Wildman–Crippen LogP) is 4.26.